The fourth-order valence-corrected chi connectivity index (χ4v) is 3.23. The van der Waals surface area contributed by atoms with Crippen molar-refractivity contribution in [2.75, 3.05) is 19.5 Å². The maximum absolute atomic E-state index is 8.88. The summed E-state index contributed by atoms with van der Waals surface area (Å²) in [5.74, 6) is 0.747. The lowest BCUT2D eigenvalue weighted by Crippen LogP contribution is -1.88. The van der Waals surface area contributed by atoms with Crippen LogP contribution in [0.1, 0.15) is 25.7 Å². The summed E-state index contributed by atoms with van der Waals surface area (Å²) < 4.78 is 4.91. The molecule has 13 heavy (non-hydrogen) atoms. The molecule has 0 aromatic heterocycles. The van der Waals surface area contributed by atoms with E-state index in [1.807, 2.05) is 0 Å². The summed E-state index contributed by atoms with van der Waals surface area (Å²) in [5, 5.41) is 0. The van der Waals surface area contributed by atoms with Crippen molar-refractivity contribution in [1.29, 1.82) is 0 Å². The molecule has 0 unspecified atom stereocenters. The Balaban J connectivity index is 3.04. The number of unbranched alkanes of at least 4 members (excludes halogenated alkanes) is 3. The first kappa shape index (κ1) is 13.9. The molecule has 0 radical (unpaired) electrons. The zero-order valence-corrected chi connectivity index (χ0v) is 10.3. The second-order valence-corrected chi connectivity index (χ2v) is 8.90. The summed E-state index contributed by atoms with van der Waals surface area (Å²) in [6.07, 6.45) is 4.31. The number of hydrogen-bond acceptors (Lipinski definition) is 3. The van der Waals surface area contributed by atoms with Crippen molar-refractivity contribution in [3.05, 3.63) is 0 Å². The Morgan fingerprint density at radius 3 is 2.38 bits per heavy atom. The van der Waals surface area contributed by atoms with E-state index in [1.165, 1.54) is 0 Å². The summed E-state index contributed by atoms with van der Waals surface area (Å²) >= 11 is 5.57. The molecule has 0 saturated heterocycles. The van der Waals surface area contributed by atoms with Crippen molar-refractivity contribution in [3.63, 3.8) is 0 Å². The van der Waals surface area contributed by atoms with Gasteiger partial charge in [0.1, 0.15) is 0 Å². The van der Waals surface area contributed by atoms with E-state index in [0.717, 1.165) is 49.4 Å². The molecule has 0 aliphatic heterocycles. The van der Waals surface area contributed by atoms with Crippen LogP contribution in [0, 0.1) is 0 Å². The second kappa shape index (κ2) is 8.21. The Morgan fingerprint density at radius 2 is 1.85 bits per heavy atom. The van der Waals surface area contributed by atoms with Crippen molar-refractivity contribution in [2.24, 2.45) is 0 Å². The van der Waals surface area contributed by atoms with Crippen LogP contribution in [0.4, 0.5) is 0 Å². The summed E-state index contributed by atoms with van der Waals surface area (Å²) in [4.78, 5) is 17.8. The topological polar surface area (TPSA) is 49.7 Å². The van der Waals surface area contributed by atoms with Gasteiger partial charge in [0.25, 0.3) is 0 Å². The molecule has 0 amide bonds. The van der Waals surface area contributed by atoms with E-state index in [4.69, 9.17) is 14.5 Å². The van der Waals surface area contributed by atoms with Crippen molar-refractivity contribution >= 4 is 28.9 Å². The first-order valence-corrected chi connectivity index (χ1v) is 8.55. The van der Waals surface area contributed by atoms with E-state index < -0.39 is 5.69 Å². The second-order valence-electron chi connectivity index (χ2n) is 2.73. The molecule has 0 aliphatic carbocycles. The van der Waals surface area contributed by atoms with Gasteiger partial charge in [0, 0.05) is 19.5 Å². The molecule has 0 atom stereocenters. The molecule has 2 N–H and O–H groups in total. The average Bonchev–Trinajstić information content (AvgIpc) is 2.01. The largest absolute Gasteiger partial charge is 0.385 e. The highest BCUT2D eigenvalue weighted by Crippen LogP contribution is 2.50. The molecule has 0 aromatic carbocycles. The minimum absolute atomic E-state index is 0.747. The lowest BCUT2D eigenvalue weighted by molar-refractivity contribution is 0.192. The summed E-state index contributed by atoms with van der Waals surface area (Å²) in [7, 11) is 1.70. The highest BCUT2D eigenvalue weighted by molar-refractivity contribution is 8.67. The van der Waals surface area contributed by atoms with Crippen LogP contribution in [0.15, 0.2) is 0 Å². The van der Waals surface area contributed by atoms with Gasteiger partial charge in [-0.15, -0.1) is 0 Å². The van der Waals surface area contributed by atoms with Crippen LogP contribution in [0.2, 0.25) is 0 Å². The molecule has 80 valence electrons. The SMILES string of the molecule is COCCCCCCSP(O)(O)=S. The molecule has 0 spiro atoms. The molecule has 6 heteroatoms. The minimum atomic E-state index is -3.00. The number of rotatable bonds is 8. The van der Waals surface area contributed by atoms with E-state index in [-0.39, 0.29) is 0 Å². The van der Waals surface area contributed by atoms with E-state index in [1.54, 1.807) is 7.11 Å². The van der Waals surface area contributed by atoms with Crippen LogP contribution in [0.5, 0.6) is 0 Å². The quantitative estimate of drug-likeness (QED) is 0.506. The lowest BCUT2D eigenvalue weighted by Gasteiger charge is -2.05. The lowest BCUT2D eigenvalue weighted by atomic mass is 10.2. The molecule has 0 bridgehead atoms. The molecule has 0 aromatic rings. The maximum Gasteiger partial charge on any atom is 0.242 e. The molecule has 0 fully saturated rings. The zero-order chi connectivity index (χ0) is 10.2. The van der Waals surface area contributed by atoms with Gasteiger partial charge in [-0.2, -0.15) is 0 Å². The fourth-order valence-electron chi connectivity index (χ4n) is 0.885. The summed E-state index contributed by atoms with van der Waals surface area (Å²) in [6.45, 7) is 0.811. The third-order valence-electron chi connectivity index (χ3n) is 1.50. The summed E-state index contributed by atoms with van der Waals surface area (Å²) in [5.41, 5.74) is -3.00. The highest BCUT2D eigenvalue weighted by Gasteiger charge is 2.06. The van der Waals surface area contributed by atoms with Gasteiger partial charge in [0.05, 0.1) is 0 Å². The molecule has 0 rings (SSSR count). The van der Waals surface area contributed by atoms with E-state index in [9.17, 15) is 0 Å². The Kier molecular flexibility index (Phi) is 8.77. The van der Waals surface area contributed by atoms with Gasteiger partial charge in [0.15, 0.2) is 0 Å². The van der Waals surface area contributed by atoms with Gasteiger partial charge in [-0.1, -0.05) is 24.2 Å². The van der Waals surface area contributed by atoms with Crippen molar-refractivity contribution in [2.45, 2.75) is 25.7 Å². The first-order valence-electron chi connectivity index (χ1n) is 4.25. The average molecular weight is 244 g/mol. The molecule has 0 aliphatic rings. The Labute approximate surface area is 88.8 Å². The van der Waals surface area contributed by atoms with Gasteiger partial charge in [-0.05, 0) is 24.6 Å². The molecular formula is C7H17O3PS2. The molecule has 0 saturated carbocycles. The summed E-state index contributed by atoms with van der Waals surface area (Å²) in [6, 6.07) is 0. The van der Waals surface area contributed by atoms with Gasteiger partial charge in [-0.3, -0.25) is 0 Å². The van der Waals surface area contributed by atoms with Crippen LogP contribution in [0.3, 0.4) is 0 Å². The Hall–Kier alpha value is 0.880. The van der Waals surface area contributed by atoms with Crippen LogP contribution in [-0.2, 0) is 16.5 Å². The monoisotopic (exact) mass is 244 g/mol. The van der Waals surface area contributed by atoms with Crippen LogP contribution in [-0.4, -0.2) is 29.3 Å². The zero-order valence-electron chi connectivity index (χ0n) is 7.81. The van der Waals surface area contributed by atoms with Crippen LogP contribution in [0.25, 0.3) is 0 Å². The fraction of sp³-hybridized carbons (Fsp3) is 1.00. The molecular weight excluding hydrogens is 227 g/mol. The Bertz CT molecular complexity index is 160. The van der Waals surface area contributed by atoms with Crippen molar-refractivity contribution < 1.29 is 14.5 Å². The van der Waals surface area contributed by atoms with E-state index >= 15 is 0 Å². The standard InChI is InChI=1S/C7H17O3PS2/c1-10-6-4-2-3-5-7-13-11(8,9)12/h2-7H2,1H3,(H2,8,9,12). The Morgan fingerprint density at radius 1 is 1.23 bits per heavy atom. The van der Waals surface area contributed by atoms with E-state index in [0.29, 0.717) is 0 Å². The third-order valence-corrected chi connectivity index (χ3v) is 4.82. The molecule has 0 heterocycles. The van der Waals surface area contributed by atoms with Crippen LogP contribution >= 0.6 is 17.1 Å². The maximum atomic E-state index is 8.88. The third kappa shape index (κ3) is 12.9. The van der Waals surface area contributed by atoms with Crippen molar-refractivity contribution in [3.8, 4) is 0 Å². The first-order chi connectivity index (χ1) is 6.06. The number of ether oxygens (including phenoxy) is 1. The van der Waals surface area contributed by atoms with E-state index in [2.05, 4.69) is 11.8 Å². The predicted molar refractivity (Wildman–Crippen MR) is 61.5 cm³/mol. The van der Waals surface area contributed by atoms with Crippen LogP contribution < -0.4 is 0 Å². The van der Waals surface area contributed by atoms with Gasteiger partial charge < -0.3 is 14.5 Å². The number of methoxy groups -OCH3 is 1. The highest BCUT2D eigenvalue weighted by atomic mass is 32.9. The smallest absolute Gasteiger partial charge is 0.242 e. The predicted octanol–water partition coefficient (Wildman–Crippen LogP) is 2.14. The number of hydrogen-bond donors (Lipinski definition) is 2. The van der Waals surface area contributed by atoms with Gasteiger partial charge in [0.2, 0.25) is 5.69 Å². The normalized spacial score (nSPS) is 11.9. The van der Waals surface area contributed by atoms with Gasteiger partial charge in [-0.25, -0.2) is 0 Å². The van der Waals surface area contributed by atoms with Gasteiger partial charge >= 0.3 is 0 Å². The van der Waals surface area contributed by atoms with Crippen molar-refractivity contribution in [1.82, 2.24) is 0 Å². The molecule has 3 nitrogen and oxygen atoms in total. The minimum Gasteiger partial charge on any atom is -0.385 e.